The monoisotopic (exact) mass is 485 g/mol. The summed E-state index contributed by atoms with van der Waals surface area (Å²) in [5.41, 5.74) is 6.88. The largest absolute Gasteiger partial charge is 0.385 e. The van der Waals surface area contributed by atoms with Gasteiger partial charge in [-0.15, -0.1) is 0 Å². The van der Waals surface area contributed by atoms with Gasteiger partial charge in [0.2, 0.25) is 5.95 Å². The van der Waals surface area contributed by atoms with E-state index in [0.29, 0.717) is 12.4 Å². The fraction of sp³-hybridized carbons (Fsp3) is 0.267. The van der Waals surface area contributed by atoms with Crippen molar-refractivity contribution in [3.8, 4) is 11.3 Å². The summed E-state index contributed by atoms with van der Waals surface area (Å²) in [5, 5.41) is 3.32. The minimum Gasteiger partial charge on any atom is -0.385 e. The molecule has 0 fully saturated rings. The fourth-order valence-corrected chi connectivity index (χ4v) is 4.86. The lowest BCUT2D eigenvalue weighted by atomic mass is 9.78. The molecule has 6 heteroatoms. The minimum absolute atomic E-state index is 0.0896. The SMILES string of the molecule is COCCCCCc1ccc(Nc2ncc3c(n2)-c2ccccc2[C@H](c2ccc(F)c(F)c2)C3)cc1. The van der Waals surface area contributed by atoms with Crippen LogP contribution in [0, 0.1) is 11.6 Å². The third kappa shape index (κ3) is 5.29. The third-order valence-electron chi connectivity index (χ3n) is 6.75. The Morgan fingerprint density at radius 1 is 0.944 bits per heavy atom. The maximum absolute atomic E-state index is 14.0. The van der Waals surface area contributed by atoms with E-state index in [-0.39, 0.29) is 5.92 Å². The lowest BCUT2D eigenvalue weighted by Gasteiger charge is -2.27. The summed E-state index contributed by atoms with van der Waals surface area (Å²) >= 11 is 0. The summed E-state index contributed by atoms with van der Waals surface area (Å²) in [5.74, 6) is -1.23. The number of benzene rings is 3. The molecule has 0 saturated carbocycles. The number of anilines is 2. The van der Waals surface area contributed by atoms with Crippen molar-refractivity contribution in [2.24, 2.45) is 0 Å². The number of fused-ring (bicyclic) bond motifs is 3. The highest BCUT2D eigenvalue weighted by molar-refractivity contribution is 5.73. The van der Waals surface area contributed by atoms with Crippen LogP contribution in [0.4, 0.5) is 20.4 Å². The van der Waals surface area contributed by atoms with Crippen molar-refractivity contribution < 1.29 is 13.5 Å². The lowest BCUT2D eigenvalue weighted by Crippen LogP contribution is -2.15. The van der Waals surface area contributed by atoms with Crippen molar-refractivity contribution in [2.75, 3.05) is 19.0 Å². The Hall–Kier alpha value is -3.64. The van der Waals surface area contributed by atoms with Gasteiger partial charge in [-0.1, -0.05) is 48.9 Å². The molecule has 0 radical (unpaired) electrons. The average molecular weight is 486 g/mol. The predicted molar refractivity (Wildman–Crippen MR) is 139 cm³/mol. The van der Waals surface area contributed by atoms with Crippen molar-refractivity contribution in [3.63, 3.8) is 0 Å². The predicted octanol–water partition coefficient (Wildman–Crippen LogP) is 7.21. The van der Waals surface area contributed by atoms with Crippen LogP contribution in [-0.2, 0) is 17.6 Å². The molecule has 0 aliphatic heterocycles. The molecule has 5 rings (SSSR count). The molecule has 1 aromatic heterocycles. The number of aromatic nitrogens is 2. The van der Waals surface area contributed by atoms with Gasteiger partial charge in [-0.2, -0.15) is 0 Å². The van der Waals surface area contributed by atoms with Crippen LogP contribution in [0.3, 0.4) is 0 Å². The number of halogens is 2. The van der Waals surface area contributed by atoms with Crippen LogP contribution >= 0.6 is 0 Å². The van der Waals surface area contributed by atoms with Gasteiger partial charge in [0.1, 0.15) is 0 Å². The smallest absolute Gasteiger partial charge is 0.227 e. The van der Waals surface area contributed by atoms with Gasteiger partial charge < -0.3 is 10.1 Å². The van der Waals surface area contributed by atoms with E-state index in [1.54, 1.807) is 13.2 Å². The van der Waals surface area contributed by atoms with Crippen LogP contribution in [0.1, 0.15) is 47.4 Å². The molecule has 0 unspecified atom stereocenters. The highest BCUT2D eigenvalue weighted by atomic mass is 19.2. The molecule has 0 saturated heterocycles. The lowest BCUT2D eigenvalue weighted by molar-refractivity contribution is 0.192. The zero-order valence-corrected chi connectivity index (χ0v) is 20.3. The third-order valence-corrected chi connectivity index (χ3v) is 6.75. The standard InChI is InChI=1S/C30H29F2N3O/c1-36-16-6-2-3-7-20-10-13-23(14-11-20)34-30-33-19-22-17-26(21-12-15-27(31)28(32)18-21)24-8-4-5-9-25(24)29(22)35-30/h4-5,8-15,18-19,26H,2-3,6-7,16-17H2,1H3,(H,33,34,35)/t26-/m0/s1. The Bertz CT molecular complexity index is 1340. The van der Waals surface area contributed by atoms with E-state index >= 15 is 0 Å². The highest BCUT2D eigenvalue weighted by Crippen LogP contribution is 2.42. The highest BCUT2D eigenvalue weighted by Gasteiger charge is 2.28. The van der Waals surface area contributed by atoms with Gasteiger partial charge in [-0.3, -0.25) is 0 Å². The minimum atomic E-state index is -0.836. The Labute approximate surface area is 210 Å². The molecule has 1 N–H and O–H groups in total. The second-order valence-electron chi connectivity index (χ2n) is 9.21. The van der Waals surface area contributed by atoms with E-state index in [2.05, 4.69) is 34.6 Å². The number of methoxy groups -OCH3 is 1. The summed E-state index contributed by atoms with van der Waals surface area (Å²) in [7, 11) is 1.74. The van der Waals surface area contributed by atoms with E-state index in [4.69, 9.17) is 9.72 Å². The molecule has 0 spiro atoms. The number of rotatable bonds is 9. The average Bonchev–Trinajstić information content (AvgIpc) is 2.91. The molecule has 0 bridgehead atoms. The molecule has 0 amide bonds. The fourth-order valence-electron chi connectivity index (χ4n) is 4.86. The molecule has 1 heterocycles. The molecular weight excluding hydrogens is 456 g/mol. The van der Waals surface area contributed by atoms with Gasteiger partial charge in [-0.05, 0) is 72.2 Å². The normalized spacial score (nSPS) is 14.2. The van der Waals surface area contributed by atoms with Crippen molar-refractivity contribution in [1.82, 2.24) is 9.97 Å². The van der Waals surface area contributed by atoms with Crippen LogP contribution in [-0.4, -0.2) is 23.7 Å². The second kappa shape index (κ2) is 11.0. The van der Waals surface area contributed by atoms with E-state index < -0.39 is 11.6 Å². The molecule has 4 aromatic rings. The maximum Gasteiger partial charge on any atom is 0.227 e. The first-order valence-electron chi connectivity index (χ1n) is 12.4. The molecule has 184 valence electrons. The maximum atomic E-state index is 14.0. The van der Waals surface area contributed by atoms with E-state index in [0.717, 1.165) is 65.9 Å². The topological polar surface area (TPSA) is 47.0 Å². The number of unbranched alkanes of at least 4 members (excludes halogenated alkanes) is 2. The van der Waals surface area contributed by atoms with Crippen LogP contribution < -0.4 is 5.32 Å². The molecule has 1 aliphatic carbocycles. The van der Waals surface area contributed by atoms with Gasteiger partial charge in [0, 0.05) is 37.1 Å². The van der Waals surface area contributed by atoms with Crippen molar-refractivity contribution >= 4 is 11.6 Å². The summed E-state index contributed by atoms with van der Waals surface area (Å²) in [6, 6.07) is 20.5. The first kappa shape index (κ1) is 24.1. The van der Waals surface area contributed by atoms with Crippen LogP contribution in [0.5, 0.6) is 0 Å². The van der Waals surface area contributed by atoms with Gasteiger partial charge >= 0.3 is 0 Å². The first-order valence-corrected chi connectivity index (χ1v) is 12.4. The molecule has 3 aromatic carbocycles. The van der Waals surface area contributed by atoms with Crippen molar-refractivity contribution in [2.45, 2.75) is 38.0 Å². The van der Waals surface area contributed by atoms with E-state index in [9.17, 15) is 8.78 Å². The molecule has 1 aliphatic rings. The zero-order chi connectivity index (χ0) is 24.9. The number of aryl methyl sites for hydroxylation is 1. The Morgan fingerprint density at radius 2 is 1.78 bits per heavy atom. The number of hydrogen-bond acceptors (Lipinski definition) is 4. The molecule has 4 nitrogen and oxygen atoms in total. The van der Waals surface area contributed by atoms with Crippen molar-refractivity contribution in [1.29, 1.82) is 0 Å². The van der Waals surface area contributed by atoms with Crippen LogP contribution in [0.15, 0.2) is 72.9 Å². The van der Waals surface area contributed by atoms with Gasteiger partial charge in [0.05, 0.1) is 5.69 Å². The number of nitrogens with zero attached hydrogens (tertiary/aromatic N) is 2. The quantitative estimate of drug-likeness (QED) is 0.254. The summed E-state index contributed by atoms with van der Waals surface area (Å²) in [6.07, 6.45) is 6.91. The van der Waals surface area contributed by atoms with Crippen molar-refractivity contribution in [3.05, 3.63) is 107 Å². The number of nitrogens with one attached hydrogen (secondary N) is 1. The van der Waals surface area contributed by atoms with E-state index in [1.807, 2.05) is 30.5 Å². The Morgan fingerprint density at radius 3 is 2.58 bits per heavy atom. The Balaban J connectivity index is 1.33. The molecular formula is C30H29F2N3O. The molecule has 36 heavy (non-hydrogen) atoms. The second-order valence-corrected chi connectivity index (χ2v) is 9.21. The van der Waals surface area contributed by atoms with Gasteiger partial charge in [0.15, 0.2) is 11.6 Å². The first-order chi connectivity index (χ1) is 17.6. The Kier molecular flexibility index (Phi) is 7.33. The van der Waals surface area contributed by atoms with Crippen LogP contribution in [0.25, 0.3) is 11.3 Å². The number of ether oxygens (including phenoxy) is 1. The summed E-state index contributed by atoms with van der Waals surface area (Å²) in [6.45, 7) is 0.819. The van der Waals surface area contributed by atoms with Gasteiger partial charge in [-0.25, -0.2) is 18.7 Å². The number of hydrogen-bond donors (Lipinski definition) is 1. The summed E-state index contributed by atoms with van der Waals surface area (Å²) < 4.78 is 32.6. The van der Waals surface area contributed by atoms with Gasteiger partial charge in [0.25, 0.3) is 0 Å². The van der Waals surface area contributed by atoms with Crippen LogP contribution in [0.2, 0.25) is 0 Å². The summed E-state index contributed by atoms with van der Waals surface area (Å²) in [4.78, 5) is 9.39. The van der Waals surface area contributed by atoms with E-state index in [1.165, 1.54) is 17.7 Å². The molecule has 1 atom stereocenters. The zero-order valence-electron chi connectivity index (χ0n) is 20.3.